The van der Waals surface area contributed by atoms with Crippen molar-refractivity contribution < 1.29 is 4.74 Å². The van der Waals surface area contributed by atoms with Gasteiger partial charge in [-0.1, -0.05) is 30.7 Å². The molecule has 0 spiro atoms. The number of halogens is 1. The summed E-state index contributed by atoms with van der Waals surface area (Å²) in [6, 6.07) is 7.95. The zero-order valence-electron chi connectivity index (χ0n) is 13.0. The maximum atomic E-state index is 6.25. The summed E-state index contributed by atoms with van der Waals surface area (Å²) >= 11 is 6.25. The second-order valence-electron chi connectivity index (χ2n) is 5.35. The molecule has 112 valence electrons. The third-order valence-corrected chi connectivity index (χ3v) is 3.45. The van der Waals surface area contributed by atoms with E-state index < -0.39 is 0 Å². The van der Waals surface area contributed by atoms with Crippen LogP contribution in [0.3, 0.4) is 0 Å². The Hall–Kier alpha value is -1.61. The van der Waals surface area contributed by atoms with Gasteiger partial charge in [0.05, 0.1) is 11.8 Å². The fourth-order valence-corrected chi connectivity index (χ4v) is 2.33. The molecule has 4 heteroatoms. The fourth-order valence-electron chi connectivity index (χ4n) is 2.14. The highest BCUT2D eigenvalue weighted by Crippen LogP contribution is 2.28. The van der Waals surface area contributed by atoms with E-state index in [1.165, 1.54) is 0 Å². The monoisotopic (exact) mass is 304 g/mol. The molecule has 0 saturated carbocycles. The van der Waals surface area contributed by atoms with Gasteiger partial charge >= 0.3 is 0 Å². The summed E-state index contributed by atoms with van der Waals surface area (Å²) in [6.07, 6.45) is 1.97. The maximum Gasteiger partial charge on any atom is 0.136 e. The van der Waals surface area contributed by atoms with Gasteiger partial charge in [-0.3, -0.25) is 0 Å². The summed E-state index contributed by atoms with van der Waals surface area (Å²) in [5, 5.41) is 0.527. The third kappa shape index (κ3) is 3.94. The molecule has 3 nitrogen and oxygen atoms in total. The molecule has 21 heavy (non-hydrogen) atoms. The lowest BCUT2D eigenvalue weighted by Crippen LogP contribution is -2.05. The van der Waals surface area contributed by atoms with Crippen LogP contribution in [0.5, 0.6) is 5.75 Å². The Morgan fingerprint density at radius 3 is 2.67 bits per heavy atom. The molecule has 0 aliphatic rings. The van der Waals surface area contributed by atoms with E-state index >= 15 is 0 Å². The number of rotatable bonds is 5. The van der Waals surface area contributed by atoms with Gasteiger partial charge in [-0.2, -0.15) is 0 Å². The number of aryl methyl sites for hydroxylation is 1. The summed E-state index contributed by atoms with van der Waals surface area (Å²) in [4.78, 5) is 9.00. The highest BCUT2D eigenvalue weighted by molar-refractivity contribution is 6.30. The number of hydrogen-bond acceptors (Lipinski definition) is 3. The van der Waals surface area contributed by atoms with Crippen LogP contribution in [0, 0.1) is 6.92 Å². The van der Waals surface area contributed by atoms with Crippen LogP contribution in [0.4, 0.5) is 0 Å². The van der Waals surface area contributed by atoms with Gasteiger partial charge in [0.25, 0.3) is 0 Å². The lowest BCUT2D eigenvalue weighted by molar-refractivity contribution is 0.242. The minimum Gasteiger partial charge on any atom is -0.491 e. The van der Waals surface area contributed by atoms with Crippen molar-refractivity contribution in [2.24, 2.45) is 0 Å². The molecule has 0 aliphatic heterocycles. The highest BCUT2D eigenvalue weighted by atomic mass is 35.5. The van der Waals surface area contributed by atoms with Gasteiger partial charge in [-0.15, -0.1) is 0 Å². The van der Waals surface area contributed by atoms with Crippen molar-refractivity contribution in [2.75, 3.05) is 0 Å². The first-order valence-electron chi connectivity index (χ1n) is 7.31. The molecule has 0 saturated heterocycles. The van der Waals surface area contributed by atoms with Crippen LogP contribution in [-0.4, -0.2) is 16.1 Å². The first kappa shape index (κ1) is 15.8. The van der Waals surface area contributed by atoms with Gasteiger partial charge < -0.3 is 4.74 Å². The number of ether oxygens (including phenoxy) is 1. The van der Waals surface area contributed by atoms with Crippen LogP contribution in [0.1, 0.15) is 38.6 Å². The van der Waals surface area contributed by atoms with Crippen LogP contribution < -0.4 is 4.74 Å². The van der Waals surface area contributed by atoms with E-state index in [2.05, 4.69) is 16.9 Å². The van der Waals surface area contributed by atoms with Crippen molar-refractivity contribution in [3.05, 3.63) is 40.8 Å². The smallest absolute Gasteiger partial charge is 0.136 e. The molecular weight excluding hydrogens is 284 g/mol. The van der Waals surface area contributed by atoms with Crippen LogP contribution in [-0.2, 0) is 6.42 Å². The van der Waals surface area contributed by atoms with Crippen LogP contribution >= 0.6 is 11.6 Å². The van der Waals surface area contributed by atoms with Crippen LogP contribution in [0.2, 0.25) is 5.15 Å². The Morgan fingerprint density at radius 2 is 2.00 bits per heavy atom. The number of aromatic nitrogens is 2. The van der Waals surface area contributed by atoms with Crippen molar-refractivity contribution in [2.45, 2.75) is 46.6 Å². The fraction of sp³-hybridized carbons (Fsp3) is 0.412. The Bertz CT molecular complexity index is 626. The van der Waals surface area contributed by atoms with Crippen molar-refractivity contribution in [1.29, 1.82) is 0 Å². The van der Waals surface area contributed by atoms with Crippen molar-refractivity contribution >= 4 is 11.6 Å². The summed E-state index contributed by atoms with van der Waals surface area (Å²) in [6.45, 7) is 8.08. The van der Waals surface area contributed by atoms with Gasteiger partial charge in [0.1, 0.15) is 16.7 Å². The molecule has 0 amide bonds. The molecule has 0 atom stereocenters. The molecule has 0 bridgehead atoms. The number of hydrogen-bond donors (Lipinski definition) is 0. The predicted octanol–water partition coefficient (Wildman–Crippen LogP) is 4.85. The molecule has 2 aromatic rings. The average Bonchev–Trinajstić information content (AvgIpc) is 2.42. The molecule has 0 radical (unpaired) electrons. The van der Waals surface area contributed by atoms with Gasteiger partial charge in [0, 0.05) is 17.5 Å². The molecule has 1 aromatic heterocycles. The quantitative estimate of drug-likeness (QED) is 0.741. The largest absolute Gasteiger partial charge is 0.491 e. The third-order valence-electron chi connectivity index (χ3n) is 3.09. The molecule has 0 fully saturated rings. The first-order chi connectivity index (χ1) is 10.0. The summed E-state index contributed by atoms with van der Waals surface area (Å²) in [5.41, 5.74) is 2.79. The van der Waals surface area contributed by atoms with Crippen LogP contribution in [0.25, 0.3) is 11.3 Å². The van der Waals surface area contributed by atoms with Crippen molar-refractivity contribution in [1.82, 2.24) is 9.97 Å². The Kier molecular flexibility index (Phi) is 5.18. The summed E-state index contributed by atoms with van der Waals surface area (Å²) in [7, 11) is 0. The zero-order valence-corrected chi connectivity index (χ0v) is 13.7. The summed E-state index contributed by atoms with van der Waals surface area (Å²) in [5.74, 6) is 1.63. The molecular formula is C17H21ClN2O. The second kappa shape index (κ2) is 6.90. The maximum absolute atomic E-state index is 6.25. The van der Waals surface area contributed by atoms with E-state index in [-0.39, 0.29) is 6.10 Å². The molecule has 2 rings (SSSR count). The van der Waals surface area contributed by atoms with Crippen molar-refractivity contribution in [3.8, 4) is 17.0 Å². The van der Waals surface area contributed by atoms with Crippen LogP contribution in [0.15, 0.2) is 24.3 Å². The lowest BCUT2D eigenvalue weighted by Gasteiger charge is -2.13. The number of nitrogens with zero attached hydrogens (tertiary/aromatic N) is 2. The normalized spacial score (nSPS) is 11.0. The minimum atomic E-state index is 0.144. The Morgan fingerprint density at radius 1 is 1.24 bits per heavy atom. The average molecular weight is 305 g/mol. The van der Waals surface area contributed by atoms with Crippen molar-refractivity contribution in [3.63, 3.8) is 0 Å². The van der Waals surface area contributed by atoms with Gasteiger partial charge in [0.2, 0.25) is 0 Å². The van der Waals surface area contributed by atoms with Gasteiger partial charge in [-0.25, -0.2) is 9.97 Å². The van der Waals surface area contributed by atoms with E-state index in [4.69, 9.17) is 16.3 Å². The lowest BCUT2D eigenvalue weighted by atomic mass is 10.1. The van der Waals surface area contributed by atoms with E-state index in [1.807, 2.05) is 45.0 Å². The Labute approximate surface area is 131 Å². The molecule has 1 heterocycles. The Balaban J connectivity index is 2.45. The van der Waals surface area contributed by atoms with E-state index in [1.54, 1.807) is 0 Å². The minimum absolute atomic E-state index is 0.144. The molecule has 0 N–H and O–H groups in total. The molecule has 1 aromatic carbocycles. The predicted molar refractivity (Wildman–Crippen MR) is 87.0 cm³/mol. The zero-order chi connectivity index (χ0) is 15.4. The molecule has 0 unspecified atom stereocenters. The van der Waals surface area contributed by atoms with E-state index in [0.717, 1.165) is 41.2 Å². The molecule has 0 aliphatic carbocycles. The standard InChI is InChI=1S/C17H21ClN2O/c1-5-7-15-19-16(12(4)17(18)20-15)13-8-6-9-14(10-13)21-11(2)3/h6,8-11H,5,7H2,1-4H3. The first-order valence-corrected chi connectivity index (χ1v) is 7.69. The summed E-state index contributed by atoms with van der Waals surface area (Å²) < 4.78 is 5.75. The number of benzene rings is 1. The van der Waals surface area contributed by atoms with E-state index in [9.17, 15) is 0 Å². The van der Waals surface area contributed by atoms with Gasteiger partial charge in [0.15, 0.2) is 0 Å². The highest BCUT2D eigenvalue weighted by Gasteiger charge is 2.12. The van der Waals surface area contributed by atoms with Gasteiger partial charge in [-0.05, 0) is 39.3 Å². The second-order valence-corrected chi connectivity index (χ2v) is 5.71. The van der Waals surface area contributed by atoms with E-state index in [0.29, 0.717) is 5.15 Å². The SMILES string of the molecule is CCCc1nc(Cl)c(C)c(-c2cccc(OC(C)C)c2)n1. The topological polar surface area (TPSA) is 35.0 Å².